The molecule has 0 atom stereocenters. The van der Waals surface area contributed by atoms with Gasteiger partial charge in [-0.15, -0.1) is 0 Å². The Kier molecular flexibility index (Phi) is 3.82. The van der Waals surface area contributed by atoms with Crippen LogP contribution in [0.5, 0.6) is 5.75 Å². The molecule has 3 rings (SSSR count). The number of ether oxygens (including phenoxy) is 1. The van der Waals surface area contributed by atoms with E-state index in [0.29, 0.717) is 12.0 Å². The van der Waals surface area contributed by atoms with Crippen LogP contribution in [-0.4, -0.2) is 13.2 Å². The van der Waals surface area contributed by atoms with Crippen LogP contribution >= 0.6 is 0 Å². The number of hydrogen-bond donors (Lipinski definition) is 1. The molecule has 0 aliphatic heterocycles. The second-order valence-electron chi connectivity index (χ2n) is 5.77. The summed E-state index contributed by atoms with van der Waals surface area (Å²) >= 11 is 0. The van der Waals surface area contributed by atoms with E-state index < -0.39 is 0 Å². The predicted molar refractivity (Wildman–Crippen MR) is 83.5 cm³/mol. The maximum atomic E-state index is 13.4. The Hall–Kier alpha value is -2.03. The molecule has 1 aliphatic rings. The number of halogens is 1. The summed E-state index contributed by atoms with van der Waals surface area (Å²) in [5.41, 5.74) is 3.63. The number of rotatable bonds is 4. The van der Waals surface area contributed by atoms with E-state index in [1.165, 1.54) is 24.3 Å². The van der Waals surface area contributed by atoms with Gasteiger partial charge in [-0.1, -0.05) is 29.8 Å². The van der Waals surface area contributed by atoms with E-state index in [2.05, 4.69) is 36.5 Å². The first-order valence-electron chi connectivity index (χ1n) is 7.32. The zero-order chi connectivity index (χ0) is 14.8. The summed E-state index contributed by atoms with van der Waals surface area (Å²) in [6.07, 6.45) is 2.23. The van der Waals surface area contributed by atoms with Gasteiger partial charge in [0.2, 0.25) is 0 Å². The van der Waals surface area contributed by atoms with Crippen molar-refractivity contribution in [1.29, 1.82) is 0 Å². The van der Waals surface area contributed by atoms with Crippen molar-refractivity contribution < 1.29 is 9.13 Å². The van der Waals surface area contributed by atoms with Gasteiger partial charge in [-0.05, 0) is 43.4 Å². The first-order valence-corrected chi connectivity index (χ1v) is 7.32. The molecule has 0 amide bonds. The molecule has 0 aromatic heterocycles. The molecular weight excluding hydrogens is 265 g/mol. The number of methoxy groups -OCH3 is 1. The second-order valence-corrected chi connectivity index (χ2v) is 5.77. The maximum absolute atomic E-state index is 13.4. The zero-order valence-electron chi connectivity index (χ0n) is 12.4. The third kappa shape index (κ3) is 3.02. The molecule has 0 radical (unpaired) electrons. The Morgan fingerprint density at radius 1 is 1.10 bits per heavy atom. The standard InChI is InChI=1S/C18H20FNO/c1-12-3-5-13(6-4-12)14-9-16(10-14)20-15-7-8-17(19)18(11-15)21-2/h3-8,11,14,16,20H,9-10H2,1-2H3. The van der Waals surface area contributed by atoms with Crippen LogP contribution < -0.4 is 10.1 Å². The fraction of sp³-hybridized carbons (Fsp3) is 0.333. The van der Waals surface area contributed by atoms with Gasteiger partial charge in [0.05, 0.1) is 7.11 Å². The van der Waals surface area contributed by atoms with Gasteiger partial charge in [0.15, 0.2) is 11.6 Å². The van der Waals surface area contributed by atoms with E-state index in [1.54, 1.807) is 12.1 Å². The van der Waals surface area contributed by atoms with Gasteiger partial charge >= 0.3 is 0 Å². The molecular formula is C18H20FNO. The van der Waals surface area contributed by atoms with Gasteiger partial charge in [-0.3, -0.25) is 0 Å². The Labute approximate surface area is 125 Å². The van der Waals surface area contributed by atoms with Crippen LogP contribution in [0.25, 0.3) is 0 Å². The molecule has 21 heavy (non-hydrogen) atoms. The highest BCUT2D eigenvalue weighted by molar-refractivity contribution is 5.50. The first kappa shape index (κ1) is 13.9. The molecule has 1 N–H and O–H groups in total. The van der Waals surface area contributed by atoms with E-state index in [-0.39, 0.29) is 11.6 Å². The number of nitrogens with one attached hydrogen (secondary N) is 1. The molecule has 1 aliphatic carbocycles. The summed E-state index contributed by atoms with van der Waals surface area (Å²) in [5.74, 6) is 0.592. The van der Waals surface area contributed by atoms with Crippen molar-refractivity contribution in [2.24, 2.45) is 0 Å². The summed E-state index contributed by atoms with van der Waals surface area (Å²) in [7, 11) is 1.49. The first-order chi connectivity index (χ1) is 10.2. The molecule has 0 spiro atoms. The van der Waals surface area contributed by atoms with Crippen LogP contribution in [0.4, 0.5) is 10.1 Å². The predicted octanol–water partition coefficient (Wildman–Crippen LogP) is 4.50. The monoisotopic (exact) mass is 285 g/mol. The summed E-state index contributed by atoms with van der Waals surface area (Å²) in [6.45, 7) is 2.11. The minimum atomic E-state index is -0.325. The Balaban J connectivity index is 1.58. The fourth-order valence-electron chi connectivity index (χ4n) is 2.83. The second kappa shape index (κ2) is 5.76. The van der Waals surface area contributed by atoms with Crippen molar-refractivity contribution in [3.05, 3.63) is 59.4 Å². The van der Waals surface area contributed by atoms with Crippen LogP contribution in [0.3, 0.4) is 0 Å². The third-order valence-corrected chi connectivity index (χ3v) is 4.21. The fourth-order valence-corrected chi connectivity index (χ4v) is 2.83. The van der Waals surface area contributed by atoms with E-state index in [1.807, 2.05) is 0 Å². The number of benzene rings is 2. The smallest absolute Gasteiger partial charge is 0.165 e. The lowest BCUT2D eigenvalue weighted by Crippen LogP contribution is -2.33. The van der Waals surface area contributed by atoms with Gasteiger partial charge in [0.1, 0.15) is 0 Å². The topological polar surface area (TPSA) is 21.3 Å². The van der Waals surface area contributed by atoms with Crippen molar-refractivity contribution >= 4 is 5.69 Å². The molecule has 0 heterocycles. The van der Waals surface area contributed by atoms with E-state index in [9.17, 15) is 4.39 Å². The minimum absolute atomic E-state index is 0.286. The third-order valence-electron chi connectivity index (χ3n) is 4.21. The van der Waals surface area contributed by atoms with Crippen molar-refractivity contribution in [2.45, 2.75) is 31.7 Å². The molecule has 110 valence electrons. The molecule has 0 saturated heterocycles. The van der Waals surface area contributed by atoms with Crippen molar-refractivity contribution in [1.82, 2.24) is 0 Å². The number of aryl methyl sites for hydroxylation is 1. The highest BCUT2D eigenvalue weighted by atomic mass is 19.1. The molecule has 1 saturated carbocycles. The normalized spacial score (nSPS) is 20.7. The van der Waals surface area contributed by atoms with E-state index in [4.69, 9.17) is 4.74 Å². The van der Waals surface area contributed by atoms with Crippen LogP contribution in [0.1, 0.15) is 29.9 Å². The summed E-state index contributed by atoms with van der Waals surface area (Å²) in [6, 6.07) is 14.1. The average Bonchev–Trinajstić information content (AvgIpc) is 2.45. The SMILES string of the molecule is COc1cc(NC2CC(c3ccc(C)cc3)C2)ccc1F. The summed E-state index contributed by atoms with van der Waals surface area (Å²) in [4.78, 5) is 0. The minimum Gasteiger partial charge on any atom is -0.494 e. The largest absolute Gasteiger partial charge is 0.494 e. The molecule has 0 bridgehead atoms. The Morgan fingerprint density at radius 3 is 2.48 bits per heavy atom. The van der Waals surface area contributed by atoms with Crippen LogP contribution in [0, 0.1) is 12.7 Å². The molecule has 0 unspecified atom stereocenters. The molecule has 2 nitrogen and oxygen atoms in total. The van der Waals surface area contributed by atoms with Gasteiger partial charge < -0.3 is 10.1 Å². The number of anilines is 1. The molecule has 2 aromatic rings. The van der Waals surface area contributed by atoms with Crippen LogP contribution in [0.2, 0.25) is 0 Å². The van der Waals surface area contributed by atoms with Crippen LogP contribution in [0.15, 0.2) is 42.5 Å². The lowest BCUT2D eigenvalue weighted by Gasteiger charge is -2.37. The molecule has 3 heteroatoms. The Morgan fingerprint density at radius 2 is 1.81 bits per heavy atom. The lowest BCUT2D eigenvalue weighted by atomic mass is 9.75. The zero-order valence-corrected chi connectivity index (χ0v) is 12.4. The van der Waals surface area contributed by atoms with Gasteiger partial charge in [0.25, 0.3) is 0 Å². The summed E-state index contributed by atoms with van der Waals surface area (Å²) in [5, 5.41) is 3.44. The number of hydrogen-bond acceptors (Lipinski definition) is 2. The Bertz CT molecular complexity index is 618. The van der Waals surface area contributed by atoms with E-state index in [0.717, 1.165) is 18.5 Å². The van der Waals surface area contributed by atoms with Crippen LogP contribution in [-0.2, 0) is 0 Å². The van der Waals surface area contributed by atoms with Crippen molar-refractivity contribution in [3.63, 3.8) is 0 Å². The molecule has 1 fully saturated rings. The van der Waals surface area contributed by atoms with Gasteiger partial charge in [-0.25, -0.2) is 4.39 Å². The maximum Gasteiger partial charge on any atom is 0.165 e. The van der Waals surface area contributed by atoms with E-state index >= 15 is 0 Å². The average molecular weight is 285 g/mol. The van der Waals surface area contributed by atoms with Crippen molar-refractivity contribution in [3.8, 4) is 5.75 Å². The molecule has 2 aromatic carbocycles. The highest BCUT2D eigenvalue weighted by Crippen LogP contribution is 2.38. The van der Waals surface area contributed by atoms with Crippen molar-refractivity contribution in [2.75, 3.05) is 12.4 Å². The highest BCUT2D eigenvalue weighted by Gasteiger charge is 2.30. The van der Waals surface area contributed by atoms with Gasteiger partial charge in [-0.2, -0.15) is 0 Å². The van der Waals surface area contributed by atoms with Gasteiger partial charge in [0, 0.05) is 17.8 Å². The lowest BCUT2D eigenvalue weighted by molar-refractivity contribution is 0.372. The summed E-state index contributed by atoms with van der Waals surface area (Å²) < 4.78 is 18.4. The quantitative estimate of drug-likeness (QED) is 0.893.